The molecule has 0 fully saturated rings. The monoisotopic (exact) mass is 1010 g/mol. The molecule has 0 saturated carbocycles. The van der Waals surface area contributed by atoms with Gasteiger partial charge in [-0.1, -0.05) is 0 Å². The molecule has 0 aromatic heterocycles. The molecule has 0 aliphatic heterocycles. The number of phosphoric ester groups is 1. The van der Waals surface area contributed by atoms with Crippen LogP contribution >= 0.6 is 7.82 Å². The van der Waals surface area contributed by atoms with E-state index in [1.165, 1.54) is 0 Å². The Hall–Kier alpha value is -2.34. The van der Waals surface area contributed by atoms with Crippen LogP contribution in [0.3, 0.4) is 0 Å². The van der Waals surface area contributed by atoms with Gasteiger partial charge in [-0.15, -0.1) is 0 Å². The van der Waals surface area contributed by atoms with Crippen LogP contribution < -0.4 is 0 Å². The fourth-order valence-electron chi connectivity index (χ4n) is 3.73. The summed E-state index contributed by atoms with van der Waals surface area (Å²) in [5.41, 5.74) is 0. The number of rotatable bonds is 19. The van der Waals surface area contributed by atoms with Crippen LogP contribution in [0.5, 0.6) is 0 Å². The second-order valence-electron chi connectivity index (χ2n) is 11.4. The van der Waals surface area contributed by atoms with Crippen molar-refractivity contribution in [3.05, 3.63) is 0 Å². The average Bonchev–Trinajstić information content (AvgIpc) is 2.97. The van der Waals surface area contributed by atoms with Crippen molar-refractivity contribution in [2.75, 3.05) is 0 Å². The Labute approximate surface area is 302 Å². The van der Waals surface area contributed by atoms with Gasteiger partial charge in [0.15, 0.2) is 0 Å². The zero-order valence-corrected chi connectivity index (χ0v) is 27.1. The summed E-state index contributed by atoms with van der Waals surface area (Å²) in [5, 5.41) is 0. The highest BCUT2D eigenvalue weighted by atomic mass is 31.2. The number of hydrogen-bond acceptors (Lipinski definition) is 2. The second-order valence-corrected chi connectivity index (χ2v) is 12.6. The molecule has 2 N–H and O–H groups in total. The van der Waals surface area contributed by atoms with E-state index in [1.807, 2.05) is 0 Å². The average molecular weight is 1010 g/mol. The summed E-state index contributed by atoms with van der Waals surface area (Å²) < 4.78 is 490. The largest absolute Gasteiger partial charge is 0.469 e. The van der Waals surface area contributed by atoms with Crippen LogP contribution in [0.15, 0.2) is 0 Å². The highest BCUT2D eigenvalue weighted by Crippen LogP contribution is 2.70. The Kier molecular flexibility index (Phi) is 13.8. The predicted octanol–water partition coefficient (Wildman–Crippen LogP) is 11.6. The van der Waals surface area contributed by atoms with Crippen LogP contribution in [0, 0.1) is 0 Å². The molecule has 0 aliphatic carbocycles. The van der Waals surface area contributed by atoms with Gasteiger partial charge in [0.05, 0.1) is 6.10 Å². The first kappa shape index (κ1) is 57.7. The van der Waals surface area contributed by atoms with Gasteiger partial charge in [0.1, 0.15) is 0 Å². The fraction of sp³-hybridized carbons (Fsp3) is 1.00. The number of halogens is 35. The lowest BCUT2D eigenvalue weighted by molar-refractivity contribution is -0.492. The van der Waals surface area contributed by atoms with Gasteiger partial charge in [-0.2, -0.15) is 154 Å². The van der Waals surface area contributed by atoms with Crippen LogP contribution in [-0.4, -0.2) is 117 Å². The number of hydrogen-bond donors (Lipinski definition) is 2. The van der Waals surface area contributed by atoms with E-state index in [0.29, 0.717) is 0 Å². The van der Waals surface area contributed by atoms with Crippen molar-refractivity contribution in [1.82, 2.24) is 0 Å². The molecule has 0 bridgehead atoms. The summed E-state index contributed by atoms with van der Waals surface area (Å²) in [5.74, 6) is -156. The minimum Gasteiger partial charge on any atom is -0.303 e. The number of phosphoric acid groups is 1. The van der Waals surface area contributed by atoms with Crippen molar-refractivity contribution >= 4 is 7.82 Å². The highest BCUT2D eigenvalue weighted by molar-refractivity contribution is 7.46. The molecule has 0 aromatic rings. The van der Waals surface area contributed by atoms with Gasteiger partial charge in [0, 0.05) is 6.42 Å². The number of alkyl halides is 35. The smallest absolute Gasteiger partial charge is 0.303 e. The van der Waals surface area contributed by atoms with Crippen LogP contribution in [0.25, 0.3) is 0 Å². The first-order chi connectivity index (χ1) is 25.1. The van der Waals surface area contributed by atoms with Gasteiger partial charge in [0.25, 0.3) is 0 Å². The minimum atomic E-state index is -10.4. The van der Waals surface area contributed by atoms with Gasteiger partial charge >= 0.3 is 109 Å². The van der Waals surface area contributed by atoms with Crippen LogP contribution in [0.1, 0.15) is 13.3 Å². The molecule has 0 aromatic carbocycles. The molecule has 4 nitrogen and oxygen atoms in total. The van der Waals surface area contributed by atoms with Crippen molar-refractivity contribution in [2.24, 2.45) is 0 Å². The zero-order valence-electron chi connectivity index (χ0n) is 26.2. The molecule has 0 saturated heterocycles. The van der Waals surface area contributed by atoms with Crippen LogP contribution in [-0.2, 0) is 9.09 Å². The summed E-state index contributed by atoms with van der Waals surface area (Å²) in [6.07, 6.45) is -15.5. The van der Waals surface area contributed by atoms with Crippen LogP contribution in [0.2, 0.25) is 0 Å². The Bertz CT molecular complexity index is 1600. The molecule has 0 aliphatic rings. The van der Waals surface area contributed by atoms with Crippen molar-refractivity contribution in [1.29, 1.82) is 0 Å². The summed E-state index contributed by atoms with van der Waals surface area (Å²) >= 11 is 0. The Morgan fingerprint density at radius 3 is 0.633 bits per heavy atom. The molecule has 0 amide bonds. The fourth-order valence-corrected chi connectivity index (χ4v) is 4.28. The standard InChI is InChI=1S/C20H8F35O4P/c1-3(59-60(56,57)58)2-4(21,22)5(23,24)6(25,26)7(27,28)8(29,30)9(31,32)10(33,34)11(35,36)12(37,38)13(39,40)14(41,42)15(43,44)16(45,46)17(47,48)18(49,50)19(51,52)20(53,54)55/h3H,2H2,1H3,(H2,56,57,58). The highest BCUT2D eigenvalue weighted by Gasteiger charge is 3.02. The molecular formula is C20H8F35O4P. The van der Waals surface area contributed by atoms with Gasteiger partial charge < -0.3 is 9.79 Å². The third kappa shape index (κ3) is 7.23. The van der Waals surface area contributed by atoms with E-state index in [4.69, 9.17) is 9.79 Å². The van der Waals surface area contributed by atoms with Crippen molar-refractivity contribution < 1.29 is 173 Å². The van der Waals surface area contributed by atoms with Gasteiger partial charge in [-0.05, 0) is 6.92 Å². The summed E-state index contributed by atoms with van der Waals surface area (Å²) in [7, 11) is -6.25. The third-order valence-electron chi connectivity index (χ3n) is 7.20. The summed E-state index contributed by atoms with van der Waals surface area (Å²) in [6.45, 7) is -0.325. The first-order valence-electron chi connectivity index (χ1n) is 13.0. The molecule has 0 spiro atoms. The van der Waals surface area contributed by atoms with E-state index >= 15 is 0 Å². The van der Waals surface area contributed by atoms with E-state index in [-0.39, 0.29) is 6.92 Å². The van der Waals surface area contributed by atoms with E-state index < -0.39 is 121 Å². The lowest BCUT2D eigenvalue weighted by atomic mass is 9.82. The maximum Gasteiger partial charge on any atom is 0.469 e. The Balaban J connectivity index is 7.74. The Morgan fingerprint density at radius 1 is 0.333 bits per heavy atom. The summed E-state index contributed by atoms with van der Waals surface area (Å²) in [4.78, 5) is 16.6. The van der Waals surface area contributed by atoms with Crippen molar-refractivity contribution in [3.63, 3.8) is 0 Å². The van der Waals surface area contributed by atoms with Crippen LogP contribution in [0.4, 0.5) is 154 Å². The minimum absolute atomic E-state index is 0.325. The maximum atomic E-state index is 14.0. The van der Waals surface area contributed by atoms with Gasteiger partial charge in [-0.25, -0.2) is 4.57 Å². The lowest BCUT2D eigenvalue weighted by Gasteiger charge is -2.47. The third-order valence-corrected chi connectivity index (χ3v) is 7.83. The topological polar surface area (TPSA) is 66.8 Å². The van der Waals surface area contributed by atoms with Gasteiger partial charge in [0.2, 0.25) is 0 Å². The molecule has 1 atom stereocenters. The molecule has 0 heterocycles. The normalized spacial score (nSPS) is 17.6. The molecular weight excluding hydrogens is 1000 g/mol. The van der Waals surface area contributed by atoms with E-state index in [9.17, 15) is 158 Å². The molecule has 60 heavy (non-hydrogen) atoms. The van der Waals surface area contributed by atoms with E-state index in [1.54, 1.807) is 0 Å². The molecule has 0 radical (unpaired) electrons. The SMILES string of the molecule is CC(CC(F)(F)C(F)(F)C(F)(F)C(F)(F)C(F)(F)C(F)(F)C(F)(F)C(F)(F)C(F)(F)C(F)(F)C(F)(F)C(F)(F)C(F)(F)C(F)(F)C(F)(F)C(F)(F)C(F)(F)F)OP(=O)(O)O. The first-order valence-corrected chi connectivity index (χ1v) is 14.5. The van der Waals surface area contributed by atoms with Crippen molar-refractivity contribution in [2.45, 2.75) is 120 Å². The predicted molar refractivity (Wildman–Crippen MR) is 112 cm³/mol. The Morgan fingerprint density at radius 2 is 0.483 bits per heavy atom. The molecule has 362 valence electrons. The zero-order chi connectivity index (χ0) is 50.0. The lowest BCUT2D eigenvalue weighted by Crippen LogP contribution is -2.80. The van der Waals surface area contributed by atoms with E-state index in [0.717, 1.165) is 0 Å². The van der Waals surface area contributed by atoms with E-state index in [2.05, 4.69) is 4.52 Å². The summed E-state index contributed by atoms with van der Waals surface area (Å²) in [6, 6.07) is 0. The van der Waals surface area contributed by atoms with Crippen molar-refractivity contribution in [3.8, 4) is 0 Å². The molecule has 0 rings (SSSR count). The quantitative estimate of drug-likeness (QED) is 0.1000. The molecule has 1 unspecified atom stereocenters. The maximum absolute atomic E-state index is 14.0. The second kappa shape index (κ2) is 14.3. The molecule has 40 heteroatoms. The van der Waals surface area contributed by atoms with Gasteiger partial charge in [-0.3, -0.25) is 4.52 Å².